The molecule has 6 heteroatoms. The Balaban J connectivity index is 2.27. The second kappa shape index (κ2) is 5.99. The van der Waals surface area contributed by atoms with Crippen molar-refractivity contribution in [2.45, 2.75) is 6.92 Å². The van der Waals surface area contributed by atoms with Crippen LogP contribution in [0.5, 0.6) is 0 Å². The zero-order chi connectivity index (χ0) is 13.8. The molecule has 0 fully saturated rings. The predicted octanol–water partition coefficient (Wildman–Crippen LogP) is 3.96. The molecule has 0 aliphatic carbocycles. The molecule has 0 radical (unpaired) electrons. The Labute approximate surface area is 122 Å². The lowest BCUT2D eigenvalue weighted by molar-refractivity contribution is 0.102. The molecule has 1 heterocycles. The van der Waals surface area contributed by atoms with Crippen molar-refractivity contribution in [3.8, 4) is 0 Å². The van der Waals surface area contributed by atoms with Gasteiger partial charge in [0.1, 0.15) is 0 Å². The first-order valence-electron chi connectivity index (χ1n) is 5.45. The summed E-state index contributed by atoms with van der Waals surface area (Å²) in [6.07, 6.45) is 0. The molecule has 0 aliphatic heterocycles. The van der Waals surface area contributed by atoms with Crippen LogP contribution in [0.2, 0.25) is 0 Å². The van der Waals surface area contributed by atoms with Crippen LogP contribution in [0.3, 0.4) is 0 Å². The van der Waals surface area contributed by atoms with E-state index in [9.17, 15) is 4.79 Å². The Kier molecular flexibility index (Phi) is 4.34. The van der Waals surface area contributed by atoms with Gasteiger partial charge in [-0.1, -0.05) is 23.4 Å². The van der Waals surface area contributed by atoms with Gasteiger partial charge >= 0.3 is 0 Å². The highest BCUT2D eigenvalue weighted by molar-refractivity contribution is 9.11. The van der Waals surface area contributed by atoms with Gasteiger partial charge in [-0.15, -0.1) is 11.3 Å². The Morgan fingerprint density at radius 1 is 1.42 bits per heavy atom. The molecule has 98 valence electrons. The Morgan fingerprint density at radius 2 is 2.16 bits per heavy atom. The van der Waals surface area contributed by atoms with Crippen LogP contribution in [0.4, 0.5) is 5.69 Å². The van der Waals surface area contributed by atoms with Gasteiger partial charge in [0.2, 0.25) is 0 Å². The van der Waals surface area contributed by atoms with Crippen molar-refractivity contribution in [3.05, 3.63) is 50.6 Å². The van der Waals surface area contributed by atoms with Crippen LogP contribution in [-0.2, 0) is 0 Å². The topological polar surface area (TPSA) is 61.7 Å². The molecule has 4 nitrogen and oxygen atoms in total. The van der Waals surface area contributed by atoms with Crippen molar-refractivity contribution < 1.29 is 10.0 Å². The quantitative estimate of drug-likeness (QED) is 0.505. The molecule has 0 spiro atoms. The number of anilines is 1. The molecule has 0 saturated heterocycles. The summed E-state index contributed by atoms with van der Waals surface area (Å²) in [4.78, 5) is 12.1. The molecule has 0 unspecified atom stereocenters. The summed E-state index contributed by atoms with van der Waals surface area (Å²) in [5.41, 5.74) is 2.34. The summed E-state index contributed by atoms with van der Waals surface area (Å²) in [6.45, 7) is 1.67. The summed E-state index contributed by atoms with van der Waals surface area (Å²) in [7, 11) is 0. The number of rotatable bonds is 3. The van der Waals surface area contributed by atoms with Gasteiger partial charge in [0.15, 0.2) is 0 Å². The van der Waals surface area contributed by atoms with Gasteiger partial charge in [0.05, 0.1) is 20.7 Å². The van der Waals surface area contributed by atoms with E-state index in [1.54, 1.807) is 30.5 Å². The Bertz CT molecular complexity index is 637. The highest BCUT2D eigenvalue weighted by atomic mass is 79.9. The number of nitrogens with zero attached hydrogens (tertiary/aromatic N) is 1. The molecular formula is C13H11BrN2O2S. The lowest BCUT2D eigenvalue weighted by Crippen LogP contribution is -2.13. The first-order valence-corrected chi connectivity index (χ1v) is 7.12. The van der Waals surface area contributed by atoms with E-state index in [2.05, 4.69) is 26.4 Å². The number of halogens is 1. The molecule has 0 atom stereocenters. The first-order chi connectivity index (χ1) is 9.11. The van der Waals surface area contributed by atoms with Crippen LogP contribution < -0.4 is 5.32 Å². The molecular weight excluding hydrogens is 328 g/mol. The van der Waals surface area contributed by atoms with Crippen molar-refractivity contribution in [1.29, 1.82) is 0 Å². The lowest BCUT2D eigenvalue weighted by atomic mass is 10.1. The van der Waals surface area contributed by atoms with Crippen molar-refractivity contribution in [1.82, 2.24) is 0 Å². The number of para-hydroxylation sites is 1. The number of amides is 1. The number of carbonyl (C=O) groups excluding carboxylic acids is 1. The van der Waals surface area contributed by atoms with Gasteiger partial charge in [-0.25, -0.2) is 0 Å². The van der Waals surface area contributed by atoms with Crippen molar-refractivity contribution >= 4 is 44.6 Å². The summed E-state index contributed by atoms with van der Waals surface area (Å²) in [5, 5.41) is 16.6. The van der Waals surface area contributed by atoms with E-state index in [4.69, 9.17) is 5.21 Å². The minimum absolute atomic E-state index is 0.194. The smallest absolute Gasteiger partial charge is 0.256 e. The maximum Gasteiger partial charge on any atom is 0.256 e. The van der Waals surface area contributed by atoms with E-state index in [0.29, 0.717) is 22.5 Å². The molecule has 0 bridgehead atoms. The summed E-state index contributed by atoms with van der Waals surface area (Å²) >= 11 is 4.77. The van der Waals surface area contributed by atoms with E-state index in [1.807, 2.05) is 12.1 Å². The van der Waals surface area contributed by atoms with Crippen LogP contribution in [0.25, 0.3) is 0 Å². The number of carbonyl (C=O) groups is 1. The number of oxime groups is 1. The highest BCUT2D eigenvalue weighted by Crippen LogP contribution is 2.22. The second-order valence-electron chi connectivity index (χ2n) is 3.82. The highest BCUT2D eigenvalue weighted by Gasteiger charge is 2.11. The minimum atomic E-state index is -0.194. The van der Waals surface area contributed by atoms with Crippen molar-refractivity contribution in [2.24, 2.45) is 5.16 Å². The van der Waals surface area contributed by atoms with Crippen molar-refractivity contribution in [3.63, 3.8) is 0 Å². The number of hydrogen-bond donors (Lipinski definition) is 2. The fourth-order valence-corrected chi connectivity index (χ4v) is 2.72. The lowest BCUT2D eigenvalue weighted by Gasteiger charge is -2.09. The van der Waals surface area contributed by atoms with Gasteiger partial charge in [0.25, 0.3) is 5.91 Å². The molecule has 19 heavy (non-hydrogen) atoms. The third-order valence-electron chi connectivity index (χ3n) is 2.54. The van der Waals surface area contributed by atoms with E-state index in [0.717, 1.165) is 3.79 Å². The van der Waals surface area contributed by atoms with Gasteiger partial charge in [-0.2, -0.15) is 0 Å². The van der Waals surface area contributed by atoms with Gasteiger partial charge < -0.3 is 10.5 Å². The third-order valence-corrected chi connectivity index (χ3v) is 4.05. The summed E-state index contributed by atoms with van der Waals surface area (Å²) in [5.74, 6) is -0.194. The maximum absolute atomic E-state index is 12.1. The summed E-state index contributed by atoms with van der Waals surface area (Å²) < 4.78 is 0.902. The average molecular weight is 339 g/mol. The van der Waals surface area contributed by atoms with E-state index >= 15 is 0 Å². The average Bonchev–Trinajstić information content (AvgIpc) is 2.85. The monoisotopic (exact) mass is 338 g/mol. The van der Waals surface area contributed by atoms with E-state index in [1.165, 1.54) is 11.3 Å². The molecule has 2 aromatic rings. The third kappa shape index (κ3) is 3.21. The van der Waals surface area contributed by atoms with E-state index < -0.39 is 0 Å². The maximum atomic E-state index is 12.1. The molecule has 2 rings (SSSR count). The van der Waals surface area contributed by atoms with Gasteiger partial charge in [-0.3, -0.25) is 4.79 Å². The number of nitrogens with one attached hydrogen (secondary N) is 1. The van der Waals surface area contributed by atoms with Crippen molar-refractivity contribution in [2.75, 3.05) is 5.32 Å². The first kappa shape index (κ1) is 13.8. The van der Waals surface area contributed by atoms with Gasteiger partial charge in [-0.05, 0) is 35.0 Å². The predicted molar refractivity (Wildman–Crippen MR) is 80.4 cm³/mol. The summed E-state index contributed by atoms with van der Waals surface area (Å²) in [6, 6.07) is 8.95. The molecule has 2 N–H and O–H groups in total. The molecule has 0 aliphatic rings. The Hall–Kier alpha value is -1.66. The Morgan fingerprint density at radius 3 is 2.79 bits per heavy atom. The zero-order valence-corrected chi connectivity index (χ0v) is 12.5. The van der Waals surface area contributed by atoms with Crippen LogP contribution in [0.1, 0.15) is 22.8 Å². The largest absolute Gasteiger partial charge is 0.411 e. The van der Waals surface area contributed by atoms with Crippen LogP contribution in [-0.4, -0.2) is 16.8 Å². The standard InChI is InChI=1S/C13H11BrN2O2S/c1-8(16-18)10-4-2-3-5-11(10)15-13(17)9-6-12(14)19-7-9/h2-7,18H,1H3,(H,15,17)/b16-8-. The second-order valence-corrected chi connectivity index (χ2v) is 6.12. The van der Waals surface area contributed by atoms with Crippen LogP contribution in [0.15, 0.2) is 44.7 Å². The molecule has 0 saturated carbocycles. The number of benzene rings is 1. The zero-order valence-electron chi connectivity index (χ0n) is 10.1. The molecule has 1 aromatic heterocycles. The van der Waals surface area contributed by atoms with Crippen LogP contribution >= 0.6 is 27.3 Å². The molecule has 1 aromatic carbocycles. The van der Waals surface area contributed by atoms with Gasteiger partial charge in [0, 0.05) is 10.9 Å². The van der Waals surface area contributed by atoms with E-state index in [-0.39, 0.29) is 5.91 Å². The minimum Gasteiger partial charge on any atom is -0.411 e. The van der Waals surface area contributed by atoms with Crippen LogP contribution in [0, 0.1) is 0 Å². The molecule has 1 amide bonds. The number of hydrogen-bond acceptors (Lipinski definition) is 4. The number of thiophene rings is 1. The SMILES string of the molecule is C/C(=N/O)c1ccccc1NC(=O)c1csc(Br)c1. The fourth-order valence-electron chi connectivity index (χ4n) is 1.59. The fraction of sp³-hybridized carbons (Fsp3) is 0.0769. The normalized spacial score (nSPS) is 11.4.